The van der Waals surface area contributed by atoms with Gasteiger partial charge in [-0.25, -0.2) is 4.79 Å². The number of aromatic nitrogens is 1. The van der Waals surface area contributed by atoms with Gasteiger partial charge in [-0.05, 0) is 17.5 Å². The Balaban J connectivity index is 2.17. The molecule has 1 amide bonds. The average Bonchev–Trinajstić information content (AvgIpc) is 2.97. The molecule has 94 valence electrons. The molecule has 0 aliphatic carbocycles. The third-order valence-electron chi connectivity index (χ3n) is 2.18. The molecule has 0 radical (unpaired) electrons. The van der Waals surface area contributed by atoms with Crippen LogP contribution in [0.5, 0.6) is 0 Å². The summed E-state index contributed by atoms with van der Waals surface area (Å²) in [5.74, 6) is -0.852. The number of carbonyl (C=O) groups excluding carboxylic acids is 2. The van der Waals surface area contributed by atoms with Crippen LogP contribution in [0, 0.1) is 0 Å². The Kier molecular flexibility index (Phi) is 3.69. The first-order chi connectivity index (χ1) is 8.61. The van der Waals surface area contributed by atoms with Gasteiger partial charge in [-0.2, -0.15) is 0 Å². The number of hydrogen-bond acceptors (Lipinski definition) is 4. The van der Waals surface area contributed by atoms with E-state index in [0.29, 0.717) is 21.3 Å². The summed E-state index contributed by atoms with van der Waals surface area (Å²) in [6.45, 7) is 0. The number of thiophene rings is 1. The van der Waals surface area contributed by atoms with Gasteiger partial charge in [-0.15, -0.1) is 11.3 Å². The van der Waals surface area contributed by atoms with E-state index in [1.807, 2.05) is 0 Å². The zero-order valence-electron chi connectivity index (χ0n) is 9.32. The van der Waals surface area contributed by atoms with Gasteiger partial charge in [-0.1, -0.05) is 11.6 Å². The topological polar surface area (TPSA) is 71.2 Å². The number of H-pyrrole nitrogens is 1. The number of esters is 1. The van der Waals surface area contributed by atoms with E-state index < -0.39 is 5.97 Å². The summed E-state index contributed by atoms with van der Waals surface area (Å²) < 4.78 is 4.62. The van der Waals surface area contributed by atoms with E-state index >= 15 is 0 Å². The molecule has 2 heterocycles. The standard InChI is InChI=1S/C11H9ClN2O3S/c1-17-11(16)9-7(2-3-18-9)14-10(15)8-4-6(12)5-13-8/h2-5,13H,1H3,(H,14,15). The molecule has 0 fully saturated rings. The number of amides is 1. The lowest BCUT2D eigenvalue weighted by molar-refractivity contribution is 0.0607. The molecule has 0 bridgehead atoms. The first-order valence-corrected chi connectivity index (χ1v) is 6.18. The molecular formula is C11H9ClN2O3S. The lowest BCUT2D eigenvalue weighted by atomic mass is 10.3. The third kappa shape index (κ3) is 2.55. The second kappa shape index (κ2) is 5.24. The van der Waals surface area contributed by atoms with Crippen molar-refractivity contribution in [3.8, 4) is 0 Å². The summed E-state index contributed by atoms with van der Waals surface area (Å²) in [4.78, 5) is 26.3. The maximum atomic E-state index is 11.8. The van der Waals surface area contributed by atoms with Crippen LogP contribution in [-0.4, -0.2) is 24.0 Å². The minimum atomic E-state index is -0.482. The van der Waals surface area contributed by atoms with E-state index in [0.717, 1.165) is 0 Å². The van der Waals surface area contributed by atoms with E-state index in [2.05, 4.69) is 15.0 Å². The highest BCUT2D eigenvalue weighted by molar-refractivity contribution is 7.12. The van der Waals surface area contributed by atoms with Gasteiger partial charge < -0.3 is 15.0 Å². The fourth-order valence-corrected chi connectivity index (χ4v) is 2.28. The number of anilines is 1. The van der Waals surface area contributed by atoms with Gasteiger partial charge in [0.25, 0.3) is 5.91 Å². The second-order valence-electron chi connectivity index (χ2n) is 3.34. The van der Waals surface area contributed by atoms with Crippen molar-refractivity contribution in [3.05, 3.63) is 39.3 Å². The van der Waals surface area contributed by atoms with Crippen molar-refractivity contribution in [3.63, 3.8) is 0 Å². The van der Waals surface area contributed by atoms with Crippen LogP contribution in [0.3, 0.4) is 0 Å². The van der Waals surface area contributed by atoms with Crippen LogP contribution in [-0.2, 0) is 4.74 Å². The minimum absolute atomic E-state index is 0.321. The van der Waals surface area contributed by atoms with Crippen LogP contribution in [0.2, 0.25) is 5.02 Å². The van der Waals surface area contributed by atoms with E-state index in [9.17, 15) is 9.59 Å². The van der Waals surface area contributed by atoms with Gasteiger partial charge in [0, 0.05) is 6.20 Å². The lowest BCUT2D eigenvalue weighted by Gasteiger charge is -2.03. The van der Waals surface area contributed by atoms with Crippen LogP contribution in [0.1, 0.15) is 20.2 Å². The van der Waals surface area contributed by atoms with Gasteiger partial charge in [0.05, 0.1) is 17.8 Å². The number of hydrogen-bond donors (Lipinski definition) is 2. The maximum Gasteiger partial charge on any atom is 0.350 e. The number of aromatic amines is 1. The van der Waals surface area contributed by atoms with E-state index in [4.69, 9.17) is 11.6 Å². The fraction of sp³-hybridized carbons (Fsp3) is 0.0909. The summed E-state index contributed by atoms with van der Waals surface area (Å²) in [5.41, 5.74) is 0.740. The molecular weight excluding hydrogens is 276 g/mol. The molecule has 18 heavy (non-hydrogen) atoms. The van der Waals surface area contributed by atoms with Gasteiger partial charge in [0.15, 0.2) is 0 Å². The molecule has 0 aliphatic heterocycles. The van der Waals surface area contributed by atoms with Gasteiger partial charge in [0.1, 0.15) is 10.6 Å². The molecule has 2 aromatic heterocycles. The number of rotatable bonds is 3. The number of nitrogens with one attached hydrogen (secondary N) is 2. The number of methoxy groups -OCH3 is 1. The average molecular weight is 285 g/mol. The smallest absolute Gasteiger partial charge is 0.350 e. The molecule has 5 nitrogen and oxygen atoms in total. The molecule has 0 unspecified atom stereocenters. The molecule has 7 heteroatoms. The Morgan fingerprint density at radius 2 is 2.28 bits per heavy atom. The summed E-state index contributed by atoms with van der Waals surface area (Å²) >= 11 is 6.91. The number of carbonyl (C=O) groups is 2. The number of ether oxygens (including phenoxy) is 1. The Morgan fingerprint density at radius 3 is 2.89 bits per heavy atom. The molecule has 0 aliphatic rings. The molecule has 0 spiro atoms. The van der Waals surface area contributed by atoms with Crippen molar-refractivity contribution >= 4 is 40.5 Å². The SMILES string of the molecule is COC(=O)c1sccc1NC(=O)c1cc(Cl)c[nH]1. The van der Waals surface area contributed by atoms with Crippen molar-refractivity contribution in [2.45, 2.75) is 0 Å². The first-order valence-electron chi connectivity index (χ1n) is 4.93. The molecule has 2 N–H and O–H groups in total. The van der Waals surface area contributed by atoms with Crippen molar-refractivity contribution in [2.24, 2.45) is 0 Å². The largest absolute Gasteiger partial charge is 0.465 e. The lowest BCUT2D eigenvalue weighted by Crippen LogP contribution is -2.14. The highest BCUT2D eigenvalue weighted by Gasteiger charge is 2.16. The van der Waals surface area contributed by atoms with Gasteiger partial charge >= 0.3 is 5.97 Å². The molecule has 0 saturated heterocycles. The fourth-order valence-electron chi connectivity index (χ4n) is 1.35. The Morgan fingerprint density at radius 1 is 1.50 bits per heavy atom. The van der Waals surface area contributed by atoms with Gasteiger partial charge in [-0.3, -0.25) is 4.79 Å². The monoisotopic (exact) mass is 284 g/mol. The Labute approximate surface area is 112 Å². The Hall–Kier alpha value is -1.79. The molecule has 0 aromatic carbocycles. The summed E-state index contributed by atoms with van der Waals surface area (Å²) in [7, 11) is 1.29. The zero-order chi connectivity index (χ0) is 13.1. The van der Waals surface area contributed by atoms with E-state index in [1.165, 1.54) is 30.7 Å². The van der Waals surface area contributed by atoms with Crippen LogP contribution in [0.15, 0.2) is 23.7 Å². The summed E-state index contributed by atoms with van der Waals surface area (Å²) in [6, 6.07) is 3.14. The van der Waals surface area contributed by atoms with E-state index in [-0.39, 0.29) is 5.91 Å². The summed E-state index contributed by atoms with van der Waals surface area (Å²) in [5, 5.41) is 4.76. The minimum Gasteiger partial charge on any atom is -0.465 e. The molecule has 0 atom stereocenters. The van der Waals surface area contributed by atoms with Crippen LogP contribution in [0.25, 0.3) is 0 Å². The van der Waals surface area contributed by atoms with Crippen molar-refractivity contribution < 1.29 is 14.3 Å². The highest BCUT2D eigenvalue weighted by atomic mass is 35.5. The predicted molar refractivity (Wildman–Crippen MR) is 69.4 cm³/mol. The number of halogens is 1. The van der Waals surface area contributed by atoms with Gasteiger partial charge in [0.2, 0.25) is 0 Å². The molecule has 2 aromatic rings. The molecule has 2 rings (SSSR count). The quantitative estimate of drug-likeness (QED) is 0.851. The third-order valence-corrected chi connectivity index (χ3v) is 3.29. The molecule has 0 saturated carbocycles. The van der Waals surface area contributed by atoms with Crippen LogP contribution in [0.4, 0.5) is 5.69 Å². The van der Waals surface area contributed by atoms with Crippen molar-refractivity contribution in [2.75, 3.05) is 12.4 Å². The van der Waals surface area contributed by atoms with Crippen molar-refractivity contribution in [1.82, 2.24) is 4.98 Å². The van der Waals surface area contributed by atoms with E-state index in [1.54, 1.807) is 11.4 Å². The normalized spacial score (nSPS) is 10.1. The first kappa shape index (κ1) is 12.7. The summed E-state index contributed by atoms with van der Waals surface area (Å²) in [6.07, 6.45) is 1.51. The van der Waals surface area contributed by atoms with Crippen molar-refractivity contribution in [1.29, 1.82) is 0 Å². The van der Waals surface area contributed by atoms with Crippen LogP contribution < -0.4 is 5.32 Å². The maximum absolute atomic E-state index is 11.8. The second-order valence-corrected chi connectivity index (χ2v) is 4.69. The zero-order valence-corrected chi connectivity index (χ0v) is 10.9. The highest BCUT2D eigenvalue weighted by Crippen LogP contribution is 2.23. The van der Waals surface area contributed by atoms with Crippen LogP contribution >= 0.6 is 22.9 Å². The predicted octanol–water partition coefficient (Wildman–Crippen LogP) is 2.77. The Bertz CT molecular complexity index is 591.